The Morgan fingerprint density at radius 2 is 2.13 bits per heavy atom. The SMILES string of the molecule is Cc1ccccc1Cc1noc(CN(C)CC2CCCC2O)n1. The summed E-state index contributed by atoms with van der Waals surface area (Å²) in [6.45, 7) is 3.59. The van der Waals surface area contributed by atoms with Gasteiger partial charge in [0, 0.05) is 13.0 Å². The Bertz CT molecular complexity index is 641. The fraction of sp³-hybridized carbons (Fsp3) is 0.556. The normalized spacial score (nSPS) is 21.2. The second-order valence-electron chi connectivity index (χ2n) is 6.66. The van der Waals surface area contributed by atoms with Crippen LogP contribution in [0.3, 0.4) is 0 Å². The van der Waals surface area contributed by atoms with Crippen LogP contribution >= 0.6 is 0 Å². The van der Waals surface area contributed by atoms with Crippen LogP contribution in [0.15, 0.2) is 28.8 Å². The van der Waals surface area contributed by atoms with Gasteiger partial charge in [-0.25, -0.2) is 0 Å². The second-order valence-corrected chi connectivity index (χ2v) is 6.66. The third-order valence-electron chi connectivity index (χ3n) is 4.69. The van der Waals surface area contributed by atoms with Crippen LogP contribution in [0.5, 0.6) is 0 Å². The van der Waals surface area contributed by atoms with Gasteiger partial charge in [-0.05, 0) is 43.9 Å². The maximum absolute atomic E-state index is 9.92. The molecule has 0 bridgehead atoms. The predicted octanol–water partition coefficient (Wildman–Crippen LogP) is 2.56. The maximum Gasteiger partial charge on any atom is 0.240 e. The molecule has 2 aromatic rings. The van der Waals surface area contributed by atoms with Crippen LogP contribution < -0.4 is 0 Å². The van der Waals surface area contributed by atoms with E-state index < -0.39 is 0 Å². The lowest BCUT2D eigenvalue weighted by Crippen LogP contribution is -2.29. The molecule has 0 amide bonds. The van der Waals surface area contributed by atoms with Crippen molar-refractivity contribution in [3.05, 3.63) is 47.1 Å². The van der Waals surface area contributed by atoms with Crippen molar-refractivity contribution in [2.45, 2.75) is 45.3 Å². The molecule has 1 N–H and O–H groups in total. The van der Waals surface area contributed by atoms with E-state index >= 15 is 0 Å². The number of hydrogen-bond acceptors (Lipinski definition) is 5. The van der Waals surface area contributed by atoms with E-state index in [0.717, 1.165) is 31.6 Å². The summed E-state index contributed by atoms with van der Waals surface area (Å²) in [6, 6.07) is 8.26. The Kier molecular flexibility index (Phi) is 5.08. The number of hydrogen-bond donors (Lipinski definition) is 1. The van der Waals surface area contributed by atoms with Gasteiger partial charge in [0.15, 0.2) is 5.82 Å². The van der Waals surface area contributed by atoms with Crippen LogP contribution in [0.4, 0.5) is 0 Å². The largest absolute Gasteiger partial charge is 0.393 e. The van der Waals surface area contributed by atoms with Gasteiger partial charge < -0.3 is 9.63 Å². The zero-order valence-corrected chi connectivity index (χ0v) is 13.9. The molecule has 2 unspecified atom stereocenters. The third kappa shape index (κ3) is 4.18. The molecule has 1 saturated carbocycles. The summed E-state index contributed by atoms with van der Waals surface area (Å²) in [5.41, 5.74) is 2.47. The van der Waals surface area contributed by atoms with Crippen molar-refractivity contribution in [3.63, 3.8) is 0 Å². The van der Waals surface area contributed by atoms with Gasteiger partial charge >= 0.3 is 0 Å². The summed E-state index contributed by atoms with van der Waals surface area (Å²) in [7, 11) is 2.04. The summed E-state index contributed by atoms with van der Waals surface area (Å²) < 4.78 is 5.37. The minimum Gasteiger partial charge on any atom is -0.393 e. The van der Waals surface area contributed by atoms with Gasteiger partial charge in [0.2, 0.25) is 5.89 Å². The van der Waals surface area contributed by atoms with Crippen molar-refractivity contribution >= 4 is 0 Å². The molecule has 5 nitrogen and oxygen atoms in total. The van der Waals surface area contributed by atoms with Crippen molar-refractivity contribution in [1.82, 2.24) is 15.0 Å². The van der Waals surface area contributed by atoms with Gasteiger partial charge in [-0.2, -0.15) is 4.98 Å². The molecule has 1 aliphatic rings. The van der Waals surface area contributed by atoms with E-state index in [9.17, 15) is 5.11 Å². The fourth-order valence-electron chi connectivity index (χ4n) is 3.33. The second kappa shape index (κ2) is 7.23. The molecule has 2 atom stereocenters. The average molecular weight is 315 g/mol. The highest BCUT2D eigenvalue weighted by atomic mass is 16.5. The molecule has 5 heteroatoms. The first-order chi connectivity index (χ1) is 11.1. The smallest absolute Gasteiger partial charge is 0.240 e. The monoisotopic (exact) mass is 315 g/mol. The molecule has 1 fully saturated rings. The Hall–Kier alpha value is -1.72. The summed E-state index contributed by atoms with van der Waals surface area (Å²) in [5.74, 6) is 1.74. The van der Waals surface area contributed by atoms with Crippen LogP contribution in [-0.2, 0) is 13.0 Å². The Labute approximate surface area is 137 Å². The van der Waals surface area contributed by atoms with Crippen LogP contribution in [-0.4, -0.2) is 39.8 Å². The lowest BCUT2D eigenvalue weighted by atomic mass is 10.1. The van der Waals surface area contributed by atoms with E-state index in [-0.39, 0.29) is 6.10 Å². The van der Waals surface area contributed by atoms with Crippen LogP contribution in [0.1, 0.15) is 42.1 Å². The summed E-state index contributed by atoms with van der Waals surface area (Å²) in [6.07, 6.45) is 3.70. The third-order valence-corrected chi connectivity index (χ3v) is 4.69. The quantitative estimate of drug-likeness (QED) is 0.887. The first-order valence-electron chi connectivity index (χ1n) is 8.34. The fourth-order valence-corrected chi connectivity index (χ4v) is 3.33. The van der Waals surface area contributed by atoms with Crippen molar-refractivity contribution in [2.75, 3.05) is 13.6 Å². The standard InChI is InChI=1S/C18H25N3O2/c1-13-6-3-4-7-14(13)10-17-19-18(23-20-17)12-21(2)11-15-8-5-9-16(15)22/h3-4,6-7,15-16,22H,5,8-12H2,1-2H3. The first kappa shape index (κ1) is 16.1. The zero-order valence-electron chi connectivity index (χ0n) is 13.9. The van der Waals surface area contributed by atoms with Crippen LogP contribution in [0, 0.1) is 12.8 Å². The molecular weight excluding hydrogens is 290 g/mol. The topological polar surface area (TPSA) is 62.4 Å². The van der Waals surface area contributed by atoms with Gasteiger partial charge in [0.1, 0.15) is 0 Å². The molecule has 1 aromatic heterocycles. The maximum atomic E-state index is 9.92. The lowest BCUT2D eigenvalue weighted by molar-refractivity contribution is 0.104. The zero-order chi connectivity index (χ0) is 16.2. The molecule has 124 valence electrons. The Morgan fingerprint density at radius 3 is 2.87 bits per heavy atom. The van der Waals surface area contributed by atoms with E-state index in [1.807, 2.05) is 19.2 Å². The van der Waals surface area contributed by atoms with Gasteiger partial charge in [0.25, 0.3) is 0 Å². The number of rotatable bonds is 6. The van der Waals surface area contributed by atoms with Crippen molar-refractivity contribution < 1.29 is 9.63 Å². The van der Waals surface area contributed by atoms with Gasteiger partial charge in [-0.15, -0.1) is 0 Å². The van der Waals surface area contributed by atoms with E-state index in [0.29, 0.717) is 24.8 Å². The van der Waals surface area contributed by atoms with Crippen LogP contribution in [0.2, 0.25) is 0 Å². The van der Waals surface area contributed by atoms with E-state index in [1.165, 1.54) is 11.1 Å². The van der Waals surface area contributed by atoms with Gasteiger partial charge in [0.05, 0.1) is 12.6 Å². The Morgan fingerprint density at radius 1 is 1.30 bits per heavy atom. The molecule has 0 radical (unpaired) electrons. The molecule has 1 aromatic carbocycles. The molecular formula is C18H25N3O2. The van der Waals surface area contributed by atoms with Crippen molar-refractivity contribution in [2.24, 2.45) is 5.92 Å². The van der Waals surface area contributed by atoms with E-state index in [4.69, 9.17) is 4.52 Å². The predicted molar refractivity (Wildman–Crippen MR) is 88.0 cm³/mol. The number of aromatic nitrogens is 2. The minimum atomic E-state index is -0.156. The summed E-state index contributed by atoms with van der Waals surface area (Å²) in [4.78, 5) is 6.66. The molecule has 3 rings (SSSR count). The van der Waals surface area contributed by atoms with Crippen molar-refractivity contribution in [1.29, 1.82) is 0 Å². The van der Waals surface area contributed by atoms with Gasteiger partial charge in [-0.1, -0.05) is 35.8 Å². The van der Waals surface area contributed by atoms with Crippen molar-refractivity contribution in [3.8, 4) is 0 Å². The number of aryl methyl sites for hydroxylation is 1. The summed E-state index contributed by atoms with van der Waals surface area (Å²) in [5, 5.41) is 14.0. The minimum absolute atomic E-state index is 0.156. The average Bonchev–Trinajstić information content (AvgIpc) is 3.11. The molecule has 1 aliphatic carbocycles. The number of nitrogens with zero attached hydrogens (tertiary/aromatic N) is 3. The molecule has 23 heavy (non-hydrogen) atoms. The highest BCUT2D eigenvalue weighted by molar-refractivity contribution is 5.27. The molecule has 1 heterocycles. The number of benzene rings is 1. The molecule has 0 aliphatic heterocycles. The van der Waals surface area contributed by atoms with E-state index in [2.05, 4.69) is 34.1 Å². The summed E-state index contributed by atoms with van der Waals surface area (Å²) >= 11 is 0. The number of aliphatic hydroxyl groups excluding tert-OH is 1. The van der Waals surface area contributed by atoms with Crippen LogP contribution in [0.25, 0.3) is 0 Å². The lowest BCUT2D eigenvalue weighted by Gasteiger charge is -2.21. The molecule has 0 saturated heterocycles. The highest BCUT2D eigenvalue weighted by Crippen LogP contribution is 2.26. The number of aliphatic hydroxyl groups is 1. The highest BCUT2D eigenvalue weighted by Gasteiger charge is 2.26. The Balaban J connectivity index is 1.55. The first-order valence-corrected chi connectivity index (χ1v) is 8.34. The van der Waals surface area contributed by atoms with Gasteiger partial charge in [-0.3, -0.25) is 4.90 Å². The molecule has 0 spiro atoms. The van der Waals surface area contributed by atoms with E-state index in [1.54, 1.807) is 0 Å².